The van der Waals surface area contributed by atoms with Crippen molar-refractivity contribution in [3.05, 3.63) is 35.9 Å². The Labute approximate surface area is 106 Å². The summed E-state index contributed by atoms with van der Waals surface area (Å²) in [6, 6.07) is 8.86. The fourth-order valence-electron chi connectivity index (χ4n) is 2.16. The molecule has 0 saturated carbocycles. The van der Waals surface area contributed by atoms with Gasteiger partial charge in [-0.15, -0.1) is 0 Å². The fraction of sp³-hybridized carbons (Fsp3) is 0.417. The van der Waals surface area contributed by atoms with Crippen molar-refractivity contribution in [2.45, 2.75) is 17.4 Å². The number of hydrogen-bond donors (Lipinski definition) is 0. The fourth-order valence-corrected chi connectivity index (χ4v) is 6.50. The number of carbonyl (C=O) groups is 1. The summed E-state index contributed by atoms with van der Waals surface area (Å²) in [4.78, 5) is 12.0. The molecule has 1 saturated heterocycles. The van der Waals surface area contributed by atoms with Gasteiger partial charge in [-0.05, 0) is 18.9 Å². The number of hydrogen-bond acceptors (Lipinski definition) is 3. The second kappa shape index (κ2) is 4.82. The Bertz CT molecular complexity index is 466. The maximum Gasteiger partial charge on any atom is 0.202 e. The van der Waals surface area contributed by atoms with Crippen LogP contribution in [-0.4, -0.2) is 25.7 Å². The van der Waals surface area contributed by atoms with Gasteiger partial charge in [0.1, 0.15) is 0 Å². The Kier molecular flexibility index (Phi) is 3.58. The van der Waals surface area contributed by atoms with Crippen LogP contribution >= 0.6 is 0 Å². The van der Waals surface area contributed by atoms with Crippen molar-refractivity contribution < 1.29 is 13.2 Å². The van der Waals surface area contributed by atoms with Gasteiger partial charge in [-0.3, -0.25) is 13.2 Å². The second-order valence-corrected chi connectivity index (χ2v) is 7.67. The Morgan fingerprint density at radius 3 is 2.12 bits per heavy atom. The van der Waals surface area contributed by atoms with Crippen LogP contribution in [-0.2, 0) is 30.5 Å². The monoisotopic (exact) mass is 270 g/mol. The minimum absolute atomic E-state index is 0.264. The van der Waals surface area contributed by atoms with E-state index in [1.807, 2.05) is 6.07 Å². The van der Waals surface area contributed by atoms with E-state index in [-0.39, 0.29) is 5.78 Å². The van der Waals surface area contributed by atoms with Crippen molar-refractivity contribution >= 4 is 27.4 Å². The van der Waals surface area contributed by atoms with Gasteiger partial charge in [0.2, 0.25) is 4.08 Å². The van der Waals surface area contributed by atoms with Crippen LogP contribution in [0.2, 0.25) is 0 Å². The molecule has 0 aliphatic carbocycles. The first-order valence-electron chi connectivity index (χ1n) is 5.43. The molecule has 3 nitrogen and oxygen atoms in total. The minimum Gasteiger partial charge on any atom is -0.297 e. The van der Waals surface area contributed by atoms with Crippen molar-refractivity contribution in [2.24, 2.45) is 0 Å². The molecule has 2 rings (SSSR count). The first kappa shape index (κ1) is 12.6. The van der Waals surface area contributed by atoms with Gasteiger partial charge in [0.05, 0.1) is 21.6 Å². The quantitative estimate of drug-likeness (QED) is 0.814. The van der Waals surface area contributed by atoms with Gasteiger partial charge in [0.15, 0.2) is 5.78 Å². The van der Waals surface area contributed by atoms with E-state index < -0.39 is 25.7 Å². The number of carbonyl (C=O) groups excluding carboxylic acids is 1. The summed E-state index contributed by atoms with van der Waals surface area (Å²) < 4.78 is 23.2. The van der Waals surface area contributed by atoms with Crippen molar-refractivity contribution in [1.82, 2.24) is 0 Å². The lowest BCUT2D eigenvalue weighted by atomic mass is 10.1. The van der Waals surface area contributed by atoms with Crippen LogP contribution in [0.4, 0.5) is 0 Å². The van der Waals surface area contributed by atoms with Crippen LogP contribution in [0.1, 0.15) is 18.9 Å². The third kappa shape index (κ3) is 1.91. The summed E-state index contributed by atoms with van der Waals surface area (Å²) in [5.41, 5.74) is 0.615. The van der Waals surface area contributed by atoms with Crippen LogP contribution in [0.25, 0.3) is 0 Å². The SMILES string of the molecule is CC(=O)C1(c2ccccc2)[S@](=O)CCC[S@]1=O. The highest BCUT2D eigenvalue weighted by atomic mass is 32.2. The number of rotatable bonds is 2. The predicted molar refractivity (Wildman–Crippen MR) is 69.4 cm³/mol. The van der Waals surface area contributed by atoms with Gasteiger partial charge >= 0.3 is 0 Å². The van der Waals surface area contributed by atoms with Gasteiger partial charge in [-0.2, -0.15) is 0 Å². The van der Waals surface area contributed by atoms with Gasteiger partial charge in [0.25, 0.3) is 0 Å². The molecule has 1 heterocycles. The third-order valence-corrected chi connectivity index (χ3v) is 7.68. The molecule has 17 heavy (non-hydrogen) atoms. The molecule has 0 N–H and O–H groups in total. The summed E-state index contributed by atoms with van der Waals surface area (Å²) in [6.45, 7) is 1.38. The molecular formula is C12H14O3S2. The lowest BCUT2D eigenvalue weighted by Gasteiger charge is -2.33. The van der Waals surface area contributed by atoms with E-state index in [0.29, 0.717) is 23.5 Å². The Hall–Kier alpha value is -0.810. The maximum atomic E-state index is 12.3. The van der Waals surface area contributed by atoms with Gasteiger partial charge < -0.3 is 0 Å². The van der Waals surface area contributed by atoms with E-state index in [1.54, 1.807) is 24.3 Å². The Balaban J connectivity index is 2.64. The average molecular weight is 270 g/mol. The number of benzene rings is 1. The molecular weight excluding hydrogens is 256 g/mol. The highest BCUT2D eigenvalue weighted by Gasteiger charge is 2.50. The largest absolute Gasteiger partial charge is 0.297 e. The first-order chi connectivity index (χ1) is 8.10. The minimum atomic E-state index is -1.40. The summed E-state index contributed by atoms with van der Waals surface area (Å²) in [5.74, 6) is 0.625. The van der Waals surface area contributed by atoms with Crippen molar-refractivity contribution in [3.63, 3.8) is 0 Å². The Morgan fingerprint density at radius 2 is 1.65 bits per heavy atom. The zero-order valence-electron chi connectivity index (χ0n) is 9.55. The molecule has 0 bridgehead atoms. The third-order valence-electron chi connectivity index (χ3n) is 2.92. The van der Waals surface area contributed by atoms with Gasteiger partial charge in [0, 0.05) is 11.5 Å². The topological polar surface area (TPSA) is 51.2 Å². The van der Waals surface area contributed by atoms with E-state index in [1.165, 1.54) is 6.92 Å². The highest BCUT2D eigenvalue weighted by Crippen LogP contribution is 2.37. The molecule has 0 amide bonds. The normalized spacial score (nSPS) is 27.6. The summed E-state index contributed by atoms with van der Waals surface area (Å²) in [6.07, 6.45) is 0.654. The highest BCUT2D eigenvalue weighted by molar-refractivity contribution is 8.05. The lowest BCUT2D eigenvalue weighted by Crippen LogP contribution is -2.48. The predicted octanol–water partition coefficient (Wildman–Crippen LogP) is 1.33. The molecule has 1 aliphatic heterocycles. The van der Waals surface area contributed by atoms with E-state index >= 15 is 0 Å². The Morgan fingerprint density at radius 1 is 1.12 bits per heavy atom. The first-order valence-corrected chi connectivity index (χ1v) is 8.07. The average Bonchev–Trinajstić information content (AvgIpc) is 2.30. The molecule has 2 atom stereocenters. The molecule has 1 fully saturated rings. The van der Waals surface area contributed by atoms with Gasteiger partial charge in [-0.1, -0.05) is 30.3 Å². The molecule has 1 aromatic carbocycles. The van der Waals surface area contributed by atoms with E-state index in [4.69, 9.17) is 0 Å². The molecule has 0 spiro atoms. The summed E-state index contributed by atoms with van der Waals surface area (Å²) in [7, 11) is -2.79. The van der Waals surface area contributed by atoms with E-state index in [2.05, 4.69) is 0 Å². The molecule has 1 aromatic rings. The number of ketones is 1. The van der Waals surface area contributed by atoms with E-state index in [9.17, 15) is 13.2 Å². The molecule has 92 valence electrons. The molecule has 0 radical (unpaired) electrons. The number of Topliss-reactive ketones (excluding diaryl/α,β-unsaturated/α-hetero) is 1. The second-order valence-electron chi connectivity index (χ2n) is 3.99. The molecule has 0 unspecified atom stereocenters. The van der Waals surface area contributed by atoms with Crippen LogP contribution in [0.3, 0.4) is 0 Å². The van der Waals surface area contributed by atoms with Crippen LogP contribution in [0.15, 0.2) is 30.3 Å². The zero-order chi connectivity index (χ0) is 12.5. The lowest BCUT2D eigenvalue weighted by molar-refractivity contribution is -0.117. The summed E-state index contributed by atoms with van der Waals surface area (Å²) >= 11 is 0. The van der Waals surface area contributed by atoms with Gasteiger partial charge in [-0.25, -0.2) is 0 Å². The maximum absolute atomic E-state index is 12.3. The van der Waals surface area contributed by atoms with Crippen molar-refractivity contribution in [1.29, 1.82) is 0 Å². The molecule has 5 heteroatoms. The standard InChI is InChI=1S/C12H14O3S2/c1-10(13)12(11-6-3-2-4-7-11)16(14)8-5-9-17(12)15/h2-4,6-7H,5,8-9H2,1H3/t16-,17-/m1/s1. The van der Waals surface area contributed by atoms with Crippen LogP contribution in [0.5, 0.6) is 0 Å². The molecule has 0 aromatic heterocycles. The van der Waals surface area contributed by atoms with Crippen LogP contribution < -0.4 is 0 Å². The smallest absolute Gasteiger partial charge is 0.202 e. The van der Waals surface area contributed by atoms with Crippen molar-refractivity contribution in [2.75, 3.05) is 11.5 Å². The van der Waals surface area contributed by atoms with E-state index in [0.717, 1.165) is 0 Å². The zero-order valence-corrected chi connectivity index (χ0v) is 11.2. The summed E-state index contributed by atoms with van der Waals surface area (Å²) in [5, 5.41) is 0. The molecule has 1 aliphatic rings. The van der Waals surface area contributed by atoms with Crippen LogP contribution in [0, 0.1) is 0 Å². The van der Waals surface area contributed by atoms with Crippen molar-refractivity contribution in [3.8, 4) is 0 Å².